The molecule has 3 aliphatic carbocycles. The zero-order valence-electron chi connectivity index (χ0n) is 21.6. The van der Waals surface area contributed by atoms with Gasteiger partial charge in [0.2, 0.25) is 11.8 Å². The standard InChI is InChI=1S/C29H41IN2O5/c30-23-13-7-8-14-25(23)37-26-19-21(29(36)31-15-16-33)18-24(28(26)35)32(22-11-3-1-2-4-12-22)27(34)17-20-9-5-6-10-20/h7-8,13-14,19-20,22,24,26,28,33,35H,1-6,9-12,15-18H2,(H,31,36). The van der Waals surface area contributed by atoms with E-state index in [-0.39, 0.29) is 37.4 Å². The van der Waals surface area contributed by atoms with Gasteiger partial charge in [-0.1, -0.05) is 50.7 Å². The highest BCUT2D eigenvalue weighted by Crippen LogP contribution is 2.35. The third-order valence-electron chi connectivity index (χ3n) is 8.12. The van der Waals surface area contributed by atoms with Crippen molar-refractivity contribution in [1.29, 1.82) is 0 Å². The van der Waals surface area contributed by atoms with E-state index in [1.54, 1.807) is 6.08 Å². The lowest BCUT2D eigenvalue weighted by Gasteiger charge is -2.44. The fraction of sp³-hybridized carbons (Fsp3) is 0.655. The first-order valence-electron chi connectivity index (χ1n) is 14.0. The lowest BCUT2D eigenvalue weighted by atomic mass is 9.86. The Bertz CT molecular complexity index is 940. The zero-order chi connectivity index (χ0) is 26.2. The number of para-hydroxylation sites is 1. The van der Waals surface area contributed by atoms with Crippen molar-refractivity contribution in [3.05, 3.63) is 39.5 Å². The van der Waals surface area contributed by atoms with Crippen LogP contribution in [-0.2, 0) is 9.59 Å². The highest BCUT2D eigenvalue weighted by atomic mass is 127. The third-order valence-corrected chi connectivity index (χ3v) is 9.01. The molecule has 3 aliphatic rings. The molecule has 3 atom stereocenters. The molecule has 3 N–H and O–H groups in total. The van der Waals surface area contributed by atoms with Gasteiger partial charge >= 0.3 is 0 Å². The summed E-state index contributed by atoms with van der Waals surface area (Å²) in [6, 6.07) is 7.12. The van der Waals surface area contributed by atoms with Crippen LogP contribution in [0.3, 0.4) is 0 Å². The minimum Gasteiger partial charge on any atom is -0.482 e. The van der Waals surface area contributed by atoms with E-state index in [0.29, 0.717) is 23.7 Å². The van der Waals surface area contributed by atoms with E-state index in [1.807, 2.05) is 29.2 Å². The molecular weight excluding hydrogens is 583 g/mol. The molecule has 7 nitrogen and oxygen atoms in total. The molecule has 1 aromatic rings. The van der Waals surface area contributed by atoms with E-state index in [4.69, 9.17) is 4.74 Å². The Hall–Kier alpha value is -1.65. The number of carbonyl (C=O) groups is 2. The molecule has 0 saturated heterocycles. The predicted octanol–water partition coefficient (Wildman–Crippen LogP) is 4.34. The van der Waals surface area contributed by atoms with Crippen molar-refractivity contribution in [1.82, 2.24) is 10.2 Å². The van der Waals surface area contributed by atoms with Crippen molar-refractivity contribution < 1.29 is 24.5 Å². The van der Waals surface area contributed by atoms with Crippen LogP contribution in [0.25, 0.3) is 0 Å². The van der Waals surface area contributed by atoms with Gasteiger partial charge in [-0.05, 0) is 72.4 Å². The Morgan fingerprint density at radius 3 is 2.38 bits per heavy atom. The summed E-state index contributed by atoms with van der Waals surface area (Å²) in [5.74, 6) is 0.860. The molecule has 0 spiro atoms. The predicted molar refractivity (Wildman–Crippen MR) is 151 cm³/mol. The average Bonchev–Trinajstić information content (AvgIpc) is 3.26. The normalized spacial score (nSPS) is 25.3. The average molecular weight is 625 g/mol. The van der Waals surface area contributed by atoms with Crippen LogP contribution in [0.4, 0.5) is 0 Å². The van der Waals surface area contributed by atoms with Crippen molar-refractivity contribution >= 4 is 34.4 Å². The highest BCUT2D eigenvalue weighted by molar-refractivity contribution is 14.1. The molecule has 0 radical (unpaired) electrons. The Kier molecular flexibility index (Phi) is 10.7. The molecule has 8 heteroatoms. The summed E-state index contributed by atoms with van der Waals surface area (Å²) >= 11 is 2.20. The lowest BCUT2D eigenvalue weighted by molar-refractivity contribution is -0.143. The maximum atomic E-state index is 13.9. The quantitative estimate of drug-likeness (QED) is 0.281. The number of amides is 2. The minimum atomic E-state index is -0.957. The monoisotopic (exact) mass is 624 g/mol. The molecule has 204 valence electrons. The summed E-state index contributed by atoms with van der Waals surface area (Å²) in [6.45, 7) is -0.000261. The number of rotatable bonds is 9. The first-order chi connectivity index (χ1) is 18.0. The molecule has 0 heterocycles. The van der Waals surface area contributed by atoms with E-state index in [0.717, 1.165) is 42.1 Å². The Balaban J connectivity index is 1.65. The van der Waals surface area contributed by atoms with E-state index >= 15 is 0 Å². The number of nitrogens with zero attached hydrogens (tertiary/aromatic N) is 1. The SMILES string of the molecule is O=C(NCCO)C1=CC(Oc2ccccc2I)C(O)C(N(C(=O)CC2CCCC2)C2CCCCCC2)C1. The number of carbonyl (C=O) groups excluding carboxylic acids is 2. The number of aliphatic hydroxyl groups is 2. The van der Waals surface area contributed by atoms with Crippen LogP contribution in [-0.4, -0.2) is 64.4 Å². The summed E-state index contributed by atoms with van der Waals surface area (Å²) in [5, 5.41) is 23.7. The van der Waals surface area contributed by atoms with Crippen LogP contribution >= 0.6 is 22.6 Å². The van der Waals surface area contributed by atoms with E-state index < -0.39 is 18.2 Å². The second-order valence-corrected chi connectivity index (χ2v) is 11.9. The molecule has 1 aromatic carbocycles. The molecule has 2 saturated carbocycles. The third kappa shape index (κ3) is 7.47. The lowest BCUT2D eigenvalue weighted by Crippen LogP contribution is -2.58. The van der Waals surface area contributed by atoms with Crippen LogP contribution in [0, 0.1) is 9.49 Å². The van der Waals surface area contributed by atoms with Crippen LogP contribution in [0.1, 0.15) is 77.0 Å². The molecule has 3 unspecified atom stereocenters. The summed E-state index contributed by atoms with van der Waals surface area (Å²) in [7, 11) is 0. The largest absolute Gasteiger partial charge is 0.482 e. The van der Waals surface area contributed by atoms with Crippen molar-refractivity contribution in [3.63, 3.8) is 0 Å². The number of hydrogen-bond donors (Lipinski definition) is 3. The maximum Gasteiger partial charge on any atom is 0.247 e. The van der Waals surface area contributed by atoms with Crippen LogP contribution in [0.5, 0.6) is 5.75 Å². The molecule has 2 fully saturated rings. The number of halogens is 1. The van der Waals surface area contributed by atoms with Gasteiger partial charge in [-0.2, -0.15) is 0 Å². The topological polar surface area (TPSA) is 99.1 Å². The van der Waals surface area contributed by atoms with Crippen molar-refractivity contribution in [2.24, 2.45) is 5.92 Å². The van der Waals surface area contributed by atoms with Crippen LogP contribution < -0.4 is 10.1 Å². The smallest absolute Gasteiger partial charge is 0.247 e. The van der Waals surface area contributed by atoms with Gasteiger partial charge in [0, 0.05) is 31.0 Å². The Morgan fingerprint density at radius 2 is 1.70 bits per heavy atom. The fourth-order valence-electron chi connectivity index (χ4n) is 6.20. The number of aliphatic hydroxyl groups excluding tert-OH is 2. The number of ether oxygens (including phenoxy) is 1. The fourth-order valence-corrected chi connectivity index (χ4v) is 6.71. The number of benzene rings is 1. The summed E-state index contributed by atoms with van der Waals surface area (Å²) in [6.07, 6.45) is 11.6. The second-order valence-electron chi connectivity index (χ2n) is 10.7. The number of nitrogens with one attached hydrogen (secondary N) is 1. The zero-order valence-corrected chi connectivity index (χ0v) is 23.8. The van der Waals surface area contributed by atoms with E-state index in [2.05, 4.69) is 27.9 Å². The van der Waals surface area contributed by atoms with Crippen molar-refractivity contribution in [3.8, 4) is 5.75 Å². The van der Waals surface area contributed by atoms with Crippen LogP contribution in [0.15, 0.2) is 35.9 Å². The van der Waals surface area contributed by atoms with Crippen molar-refractivity contribution in [2.45, 2.75) is 101 Å². The van der Waals surface area contributed by atoms with Crippen molar-refractivity contribution in [2.75, 3.05) is 13.2 Å². The molecule has 37 heavy (non-hydrogen) atoms. The first-order valence-corrected chi connectivity index (χ1v) is 15.1. The Morgan fingerprint density at radius 1 is 1.03 bits per heavy atom. The summed E-state index contributed by atoms with van der Waals surface area (Å²) in [5.41, 5.74) is 0.493. The van der Waals surface area contributed by atoms with Gasteiger partial charge in [0.1, 0.15) is 18.0 Å². The first kappa shape index (κ1) is 28.4. The van der Waals surface area contributed by atoms with Crippen LogP contribution in [0.2, 0.25) is 0 Å². The van der Waals surface area contributed by atoms with Gasteiger partial charge in [0.25, 0.3) is 0 Å². The summed E-state index contributed by atoms with van der Waals surface area (Å²) in [4.78, 5) is 29.0. The maximum absolute atomic E-state index is 13.9. The van der Waals surface area contributed by atoms with Gasteiger partial charge in [-0.3, -0.25) is 9.59 Å². The van der Waals surface area contributed by atoms with Gasteiger partial charge < -0.3 is 25.2 Å². The Labute approximate surface area is 234 Å². The van der Waals surface area contributed by atoms with Gasteiger partial charge in [-0.15, -0.1) is 0 Å². The minimum absolute atomic E-state index is 0.0633. The molecular formula is C29H41IN2O5. The van der Waals surface area contributed by atoms with Gasteiger partial charge in [0.15, 0.2) is 0 Å². The number of hydrogen-bond acceptors (Lipinski definition) is 5. The second kappa shape index (κ2) is 13.9. The van der Waals surface area contributed by atoms with E-state index in [9.17, 15) is 19.8 Å². The molecule has 0 bridgehead atoms. The highest BCUT2D eigenvalue weighted by Gasteiger charge is 2.43. The van der Waals surface area contributed by atoms with E-state index in [1.165, 1.54) is 25.7 Å². The van der Waals surface area contributed by atoms with Gasteiger partial charge in [0.05, 0.1) is 16.2 Å². The molecule has 0 aromatic heterocycles. The molecule has 4 rings (SSSR count). The summed E-state index contributed by atoms with van der Waals surface area (Å²) < 4.78 is 7.20. The molecule has 0 aliphatic heterocycles. The molecule has 2 amide bonds. The van der Waals surface area contributed by atoms with Gasteiger partial charge in [-0.25, -0.2) is 0 Å².